The molecule has 2 aromatic rings. The summed E-state index contributed by atoms with van der Waals surface area (Å²) in [5.41, 5.74) is 6.52. The second kappa shape index (κ2) is 21.1. The van der Waals surface area contributed by atoms with E-state index in [2.05, 4.69) is 37.0 Å². The lowest BCUT2D eigenvalue weighted by atomic mass is 9.97. The number of aromatic nitrogens is 1. The molecule has 1 saturated heterocycles. The number of nitrogens with one attached hydrogen (secondary N) is 1. The van der Waals surface area contributed by atoms with Gasteiger partial charge in [-0.05, 0) is 68.0 Å². The highest BCUT2D eigenvalue weighted by atomic mass is 16.5. The molecule has 2 heterocycles. The minimum absolute atomic E-state index is 0.196. The highest BCUT2D eigenvalue weighted by molar-refractivity contribution is 5.90. The van der Waals surface area contributed by atoms with Gasteiger partial charge in [0.1, 0.15) is 11.4 Å². The van der Waals surface area contributed by atoms with Gasteiger partial charge < -0.3 is 30.4 Å². The largest absolute Gasteiger partial charge is 0.493 e. The number of aliphatic hydroxyl groups is 1. The van der Waals surface area contributed by atoms with Crippen LogP contribution in [0.25, 0.3) is 0 Å². The maximum atomic E-state index is 11.1. The summed E-state index contributed by atoms with van der Waals surface area (Å²) in [6, 6.07) is 9.02. The van der Waals surface area contributed by atoms with E-state index in [0.717, 1.165) is 64.2 Å². The van der Waals surface area contributed by atoms with E-state index >= 15 is 0 Å². The summed E-state index contributed by atoms with van der Waals surface area (Å²) in [4.78, 5) is 15.1. The molecule has 1 aliphatic heterocycles. The molecule has 200 valence electrons. The van der Waals surface area contributed by atoms with Gasteiger partial charge in [0.25, 0.3) is 5.91 Å². The van der Waals surface area contributed by atoms with Crippen LogP contribution in [0.1, 0.15) is 48.7 Å². The molecular weight excluding hydrogens is 458 g/mol. The Morgan fingerprint density at radius 3 is 2.42 bits per heavy atom. The molecule has 0 unspecified atom stereocenters. The Kier molecular flexibility index (Phi) is 19.2. The third-order valence-corrected chi connectivity index (χ3v) is 5.13. The predicted octanol–water partition coefficient (Wildman–Crippen LogP) is 4.88. The molecule has 8 heteroatoms. The number of amides is 1. The predicted molar refractivity (Wildman–Crippen MR) is 146 cm³/mol. The number of allylic oxidation sites excluding steroid dienone is 1. The highest BCUT2D eigenvalue weighted by Gasteiger charge is 2.13. The normalized spacial score (nSPS) is 12.3. The number of methoxy groups -OCH3 is 1. The van der Waals surface area contributed by atoms with Crippen molar-refractivity contribution in [3.8, 4) is 17.2 Å². The number of carbonyl (C=O) groups is 1. The van der Waals surface area contributed by atoms with Crippen LogP contribution in [-0.2, 0) is 11.3 Å². The van der Waals surface area contributed by atoms with Crippen LogP contribution in [0.2, 0.25) is 0 Å². The van der Waals surface area contributed by atoms with Gasteiger partial charge in [-0.25, -0.2) is 4.98 Å². The minimum atomic E-state index is -0.571. The summed E-state index contributed by atoms with van der Waals surface area (Å²) in [7, 11) is 2.61. The van der Waals surface area contributed by atoms with Gasteiger partial charge in [-0.3, -0.25) is 4.79 Å². The molecule has 0 spiro atoms. The summed E-state index contributed by atoms with van der Waals surface area (Å²) >= 11 is 0. The Morgan fingerprint density at radius 1 is 1.22 bits per heavy atom. The Morgan fingerprint density at radius 2 is 1.89 bits per heavy atom. The molecule has 0 saturated carbocycles. The van der Waals surface area contributed by atoms with Crippen molar-refractivity contribution >= 4 is 5.91 Å². The first-order valence-corrected chi connectivity index (χ1v) is 12.0. The van der Waals surface area contributed by atoms with Crippen LogP contribution < -0.4 is 20.5 Å². The fourth-order valence-electron chi connectivity index (χ4n) is 3.19. The summed E-state index contributed by atoms with van der Waals surface area (Å²) < 4.78 is 16.7. The molecule has 0 bridgehead atoms. The molecular formula is C28H43N3O5. The monoisotopic (exact) mass is 501 g/mol. The van der Waals surface area contributed by atoms with E-state index in [0.29, 0.717) is 17.2 Å². The van der Waals surface area contributed by atoms with Crippen LogP contribution in [0.3, 0.4) is 0 Å². The van der Waals surface area contributed by atoms with Crippen molar-refractivity contribution in [2.45, 2.75) is 39.2 Å². The van der Waals surface area contributed by atoms with E-state index in [1.54, 1.807) is 13.2 Å². The first-order chi connectivity index (χ1) is 17.6. The lowest BCUT2D eigenvalue weighted by Crippen LogP contribution is -2.22. The number of hydrogen-bond donors (Lipinski definition) is 3. The standard InChI is InChI=1S/C21H27N3O4.C4H8.C2H4.CH4O/c1-26-20-12-16(13-23-9-6-15-7-10-27-11-8-15)2-5-19(20)28-17-3-4-18(21(22)25)24-14-17;1-3-4-2;2*1-2/h2-5,12,14-15,23H,6-11,13H2,1H3,(H2,22,25);3H,1,4H2,2H3;1-2H2;2H,1H3. The molecule has 0 radical (unpaired) electrons. The first-order valence-electron chi connectivity index (χ1n) is 12.0. The van der Waals surface area contributed by atoms with Gasteiger partial charge in [-0.15, -0.1) is 19.7 Å². The molecule has 0 atom stereocenters. The Hall–Kier alpha value is -3.20. The zero-order chi connectivity index (χ0) is 27.2. The van der Waals surface area contributed by atoms with Crippen LogP contribution in [-0.4, -0.2) is 50.0 Å². The Labute approximate surface area is 216 Å². The molecule has 1 fully saturated rings. The minimum Gasteiger partial charge on any atom is -0.493 e. The molecule has 8 nitrogen and oxygen atoms in total. The highest BCUT2D eigenvalue weighted by Crippen LogP contribution is 2.32. The van der Waals surface area contributed by atoms with Gasteiger partial charge >= 0.3 is 0 Å². The average molecular weight is 502 g/mol. The number of carbonyl (C=O) groups excluding carboxylic acids is 1. The van der Waals surface area contributed by atoms with Crippen molar-refractivity contribution in [2.75, 3.05) is 34.0 Å². The lowest BCUT2D eigenvalue weighted by Gasteiger charge is -2.22. The van der Waals surface area contributed by atoms with E-state index in [1.807, 2.05) is 24.3 Å². The number of aliphatic hydroxyl groups excluding tert-OH is 1. The maximum absolute atomic E-state index is 11.1. The molecule has 1 amide bonds. The van der Waals surface area contributed by atoms with Crippen molar-refractivity contribution in [1.29, 1.82) is 0 Å². The zero-order valence-corrected chi connectivity index (χ0v) is 22.0. The summed E-state index contributed by atoms with van der Waals surface area (Å²) in [5.74, 6) is 1.93. The fraction of sp³-hybridized carbons (Fsp3) is 0.429. The van der Waals surface area contributed by atoms with Crippen LogP contribution >= 0.6 is 0 Å². The fourth-order valence-corrected chi connectivity index (χ4v) is 3.19. The van der Waals surface area contributed by atoms with Crippen molar-refractivity contribution in [3.05, 3.63) is 73.6 Å². The molecule has 3 rings (SSSR count). The van der Waals surface area contributed by atoms with Gasteiger partial charge in [0.2, 0.25) is 0 Å². The molecule has 1 aromatic heterocycles. The average Bonchev–Trinajstić information content (AvgIpc) is 2.95. The Balaban J connectivity index is 0.00000137. The quantitative estimate of drug-likeness (QED) is 0.314. The second-order valence-corrected chi connectivity index (χ2v) is 7.55. The first kappa shape index (κ1) is 32.8. The number of pyridine rings is 1. The van der Waals surface area contributed by atoms with Crippen molar-refractivity contribution in [2.24, 2.45) is 11.7 Å². The van der Waals surface area contributed by atoms with E-state index in [9.17, 15) is 4.79 Å². The van der Waals surface area contributed by atoms with Gasteiger partial charge in [0.15, 0.2) is 11.5 Å². The molecule has 0 aliphatic carbocycles. The van der Waals surface area contributed by atoms with Gasteiger partial charge in [-0.1, -0.05) is 19.1 Å². The zero-order valence-electron chi connectivity index (χ0n) is 22.0. The second-order valence-electron chi connectivity index (χ2n) is 7.55. The molecule has 4 N–H and O–H groups in total. The SMILES string of the molecule is C=C.C=CCC.CO.COc1cc(CNCCC2CCOCC2)ccc1Oc1ccc(C(N)=O)nc1. The number of hydrogen-bond acceptors (Lipinski definition) is 7. The summed E-state index contributed by atoms with van der Waals surface area (Å²) in [6.45, 7) is 15.1. The van der Waals surface area contributed by atoms with Gasteiger partial charge in [0, 0.05) is 26.9 Å². The lowest BCUT2D eigenvalue weighted by molar-refractivity contribution is 0.0639. The smallest absolute Gasteiger partial charge is 0.267 e. The third-order valence-electron chi connectivity index (χ3n) is 5.13. The number of primary amides is 1. The number of nitrogens with zero attached hydrogens (tertiary/aromatic N) is 1. The van der Waals surface area contributed by atoms with Crippen LogP contribution in [0.5, 0.6) is 17.2 Å². The Bertz CT molecular complexity index is 853. The van der Waals surface area contributed by atoms with Gasteiger partial charge in [-0.2, -0.15) is 0 Å². The number of nitrogens with two attached hydrogens (primary N) is 1. The van der Waals surface area contributed by atoms with Crippen molar-refractivity contribution in [3.63, 3.8) is 0 Å². The number of ether oxygens (including phenoxy) is 3. The van der Waals surface area contributed by atoms with Crippen LogP contribution in [0, 0.1) is 5.92 Å². The third kappa shape index (κ3) is 13.0. The number of benzene rings is 1. The van der Waals surface area contributed by atoms with E-state index in [-0.39, 0.29) is 5.69 Å². The van der Waals surface area contributed by atoms with E-state index in [1.165, 1.54) is 18.7 Å². The topological polar surface area (TPSA) is 116 Å². The van der Waals surface area contributed by atoms with Crippen LogP contribution in [0.4, 0.5) is 0 Å². The van der Waals surface area contributed by atoms with E-state index in [4.69, 9.17) is 25.1 Å². The van der Waals surface area contributed by atoms with Gasteiger partial charge in [0.05, 0.1) is 13.3 Å². The van der Waals surface area contributed by atoms with Crippen molar-refractivity contribution in [1.82, 2.24) is 10.3 Å². The summed E-state index contributed by atoms with van der Waals surface area (Å²) in [6.07, 6.45) is 7.93. The van der Waals surface area contributed by atoms with Crippen LogP contribution in [0.15, 0.2) is 62.3 Å². The maximum Gasteiger partial charge on any atom is 0.267 e. The molecule has 1 aliphatic rings. The molecule has 36 heavy (non-hydrogen) atoms. The summed E-state index contributed by atoms with van der Waals surface area (Å²) in [5, 5.41) is 10.5. The number of rotatable bonds is 10. The van der Waals surface area contributed by atoms with E-state index < -0.39 is 5.91 Å². The molecule has 1 aromatic carbocycles. The van der Waals surface area contributed by atoms with Crippen molar-refractivity contribution < 1.29 is 24.1 Å².